The highest BCUT2D eigenvalue weighted by molar-refractivity contribution is 6.62. The third kappa shape index (κ3) is 2.15. The van der Waals surface area contributed by atoms with Crippen LogP contribution in [0.15, 0.2) is 24.3 Å². The van der Waals surface area contributed by atoms with E-state index in [1.807, 2.05) is 52.0 Å². The Bertz CT molecular complexity index is 515. The number of benzene rings is 1. The van der Waals surface area contributed by atoms with Gasteiger partial charge in [-0.3, -0.25) is 4.79 Å². The van der Waals surface area contributed by atoms with Crippen molar-refractivity contribution in [2.75, 3.05) is 0 Å². The SMILES string of the molecule is CC1(C)OB(c2ccc(C3CC(=O)N3)cc2)OC1(C)C. The lowest BCUT2D eigenvalue weighted by molar-refractivity contribution is -0.128. The number of hydrogen-bond donors (Lipinski definition) is 1. The number of carbonyl (C=O) groups is 1. The lowest BCUT2D eigenvalue weighted by Gasteiger charge is -2.32. The molecule has 2 fully saturated rings. The highest BCUT2D eigenvalue weighted by atomic mass is 16.7. The topological polar surface area (TPSA) is 47.6 Å². The molecular formula is C15H20BNO3. The van der Waals surface area contributed by atoms with Crippen LogP contribution in [0.1, 0.15) is 45.7 Å². The molecule has 0 bridgehead atoms. The molecule has 3 rings (SSSR count). The quantitative estimate of drug-likeness (QED) is 0.657. The van der Waals surface area contributed by atoms with Crippen LogP contribution in [0.3, 0.4) is 0 Å². The number of nitrogens with one attached hydrogen (secondary N) is 1. The molecule has 1 aromatic rings. The summed E-state index contributed by atoms with van der Waals surface area (Å²) in [5, 5.41) is 2.87. The molecule has 1 atom stereocenters. The Labute approximate surface area is 120 Å². The molecule has 106 valence electrons. The molecule has 0 aromatic heterocycles. The molecule has 0 saturated carbocycles. The van der Waals surface area contributed by atoms with Crippen LogP contribution in [0, 0.1) is 0 Å². The molecule has 1 N–H and O–H groups in total. The summed E-state index contributed by atoms with van der Waals surface area (Å²) >= 11 is 0. The van der Waals surface area contributed by atoms with Gasteiger partial charge in [-0.2, -0.15) is 0 Å². The molecule has 4 nitrogen and oxygen atoms in total. The first-order valence-corrected chi connectivity index (χ1v) is 7.03. The standard InChI is InChI=1S/C15H20BNO3/c1-14(2)15(3,4)20-16(19-14)11-7-5-10(6-8-11)12-9-13(18)17-12/h5-8,12H,9H2,1-4H3,(H,17,18). The highest BCUT2D eigenvalue weighted by Crippen LogP contribution is 2.36. The zero-order chi connectivity index (χ0) is 14.5. The molecule has 20 heavy (non-hydrogen) atoms. The van der Waals surface area contributed by atoms with Crippen molar-refractivity contribution in [1.82, 2.24) is 5.32 Å². The van der Waals surface area contributed by atoms with Gasteiger partial charge in [-0.15, -0.1) is 0 Å². The lowest BCUT2D eigenvalue weighted by atomic mass is 9.78. The van der Waals surface area contributed by atoms with Crippen LogP contribution in [0.5, 0.6) is 0 Å². The molecule has 1 unspecified atom stereocenters. The van der Waals surface area contributed by atoms with Crippen LogP contribution in [0.4, 0.5) is 0 Å². The minimum atomic E-state index is -0.329. The Balaban J connectivity index is 1.74. The first-order valence-electron chi connectivity index (χ1n) is 7.03. The second-order valence-electron chi connectivity index (χ2n) is 6.58. The van der Waals surface area contributed by atoms with Crippen molar-refractivity contribution in [2.24, 2.45) is 0 Å². The Hall–Kier alpha value is -1.33. The number of hydrogen-bond acceptors (Lipinski definition) is 3. The van der Waals surface area contributed by atoms with Gasteiger partial charge in [-0.05, 0) is 38.7 Å². The number of β-lactam (4-membered cyclic amide) rings is 1. The normalized spacial score (nSPS) is 27.1. The van der Waals surface area contributed by atoms with Crippen molar-refractivity contribution in [2.45, 2.75) is 51.4 Å². The van der Waals surface area contributed by atoms with Crippen LogP contribution in [0.2, 0.25) is 0 Å². The average Bonchev–Trinajstić information content (AvgIpc) is 2.55. The van der Waals surface area contributed by atoms with Crippen LogP contribution < -0.4 is 10.8 Å². The Morgan fingerprint density at radius 3 is 2.05 bits per heavy atom. The summed E-state index contributed by atoms with van der Waals surface area (Å²) in [4.78, 5) is 11.0. The number of rotatable bonds is 2. The van der Waals surface area contributed by atoms with E-state index in [9.17, 15) is 4.79 Å². The van der Waals surface area contributed by atoms with Crippen LogP contribution in [-0.4, -0.2) is 24.2 Å². The third-order valence-corrected chi connectivity index (χ3v) is 4.59. The van der Waals surface area contributed by atoms with E-state index < -0.39 is 0 Å². The van der Waals surface area contributed by atoms with Crippen molar-refractivity contribution >= 4 is 18.5 Å². The predicted molar refractivity (Wildman–Crippen MR) is 77.7 cm³/mol. The Morgan fingerprint density at radius 2 is 1.60 bits per heavy atom. The summed E-state index contributed by atoms with van der Waals surface area (Å²) in [5.41, 5.74) is 1.50. The molecule has 2 aliphatic heterocycles. The highest BCUT2D eigenvalue weighted by Gasteiger charge is 2.51. The fourth-order valence-electron chi connectivity index (χ4n) is 2.42. The summed E-state index contributed by atoms with van der Waals surface area (Å²) in [6, 6.07) is 8.26. The van der Waals surface area contributed by atoms with Gasteiger partial charge in [0.15, 0.2) is 0 Å². The van der Waals surface area contributed by atoms with E-state index in [1.54, 1.807) is 0 Å². The molecule has 1 amide bonds. The maximum atomic E-state index is 11.0. The van der Waals surface area contributed by atoms with Crippen molar-refractivity contribution in [1.29, 1.82) is 0 Å². The van der Waals surface area contributed by atoms with Gasteiger partial charge >= 0.3 is 7.12 Å². The predicted octanol–water partition coefficient (Wildman–Crippen LogP) is 1.55. The van der Waals surface area contributed by atoms with E-state index >= 15 is 0 Å². The smallest absolute Gasteiger partial charge is 0.399 e. The van der Waals surface area contributed by atoms with Gasteiger partial charge in [0.25, 0.3) is 0 Å². The van der Waals surface area contributed by atoms with Crippen molar-refractivity contribution in [3.63, 3.8) is 0 Å². The summed E-state index contributed by atoms with van der Waals surface area (Å²) in [6.07, 6.45) is 0.579. The van der Waals surface area contributed by atoms with Crippen molar-refractivity contribution in [3.05, 3.63) is 29.8 Å². The van der Waals surface area contributed by atoms with Gasteiger partial charge in [-0.25, -0.2) is 0 Å². The molecule has 2 heterocycles. The van der Waals surface area contributed by atoms with Crippen molar-refractivity contribution < 1.29 is 14.1 Å². The van der Waals surface area contributed by atoms with Crippen molar-refractivity contribution in [3.8, 4) is 0 Å². The van der Waals surface area contributed by atoms with E-state index in [-0.39, 0.29) is 30.3 Å². The fraction of sp³-hybridized carbons (Fsp3) is 0.533. The molecule has 1 aromatic carbocycles. The fourth-order valence-corrected chi connectivity index (χ4v) is 2.42. The zero-order valence-corrected chi connectivity index (χ0v) is 12.4. The summed E-state index contributed by atoms with van der Waals surface area (Å²) in [7, 11) is -0.329. The van der Waals surface area contributed by atoms with E-state index in [0.717, 1.165) is 11.0 Å². The second kappa shape index (κ2) is 4.33. The minimum Gasteiger partial charge on any atom is -0.399 e. The molecule has 0 aliphatic carbocycles. The molecular weight excluding hydrogens is 253 g/mol. The monoisotopic (exact) mass is 273 g/mol. The van der Waals surface area contributed by atoms with Gasteiger partial charge in [0.05, 0.1) is 23.7 Å². The van der Waals surface area contributed by atoms with Gasteiger partial charge < -0.3 is 14.6 Å². The second-order valence-corrected chi connectivity index (χ2v) is 6.58. The third-order valence-electron chi connectivity index (χ3n) is 4.59. The number of carbonyl (C=O) groups excluding carboxylic acids is 1. The van der Waals surface area contributed by atoms with E-state index in [2.05, 4.69) is 5.32 Å². The first kappa shape index (κ1) is 13.6. The van der Waals surface area contributed by atoms with E-state index in [0.29, 0.717) is 6.42 Å². The van der Waals surface area contributed by atoms with E-state index in [4.69, 9.17) is 9.31 Å². The molecule has 0 radical (unpaired) electrons. The Morgan fingerprint density at radius 1 is 1.10 bits per heavy atom. The van der Waals surface area contributed by atoms with Gasteiger partial charge in [0, 0.05) is 0 Å². The Kier molecular flexibility index (Phi) is 2.96. The first-order chi connectivity index (χ1) is 9.28. The molecule has 2 saturated heterocycles. The molecule has 0 spiro atoms. The summed E-state index contributed by atoms with van der Waals surface area (Å²) in [6.45, 7) is 8.19. The summed E-state index contributed by atoms with van der Waals surface area (Å²) < 4.78 is 12.0. The maximum absolute atomic E-state index is 11.0. The van der Waals surface area contributed by atoms with Gasteiger partial charge in [0.2, 0.25) is 5.91 Å². The van der Waals surface area contributed by atoms with E-state index in [1.165, 1.54) is 0 Å². The van der Waals surface area contributed by atoms with Crippen LogP contribution in [0.25, 0.3) is 0 Å². The van der Waals surface area contributed by atoms with Gasteiger partial charge in [0.1, 0.15) is 0 Å². The maximum Gasteiger partial charge on any atom is 0.494 e. The molecule has 2 aliphatic rings. The molecule has 5 heteroatoms. The number of amides is 1. The van der Waals surface area contributed by atoms with Crippen LogP contribution >= 0.6 is 0 Å². The zero-order valence-electron chi connectivity index (χ0n) is 12.4. The van der Waals surface area contributed by atoms with Gasteiger partial charge in [-0.1, -0.05) is 24.3 Å². The largest absolute Gasteiger partial charge is 0.494 e. The average molecular weight is 273 g/mol. The summed E-state index contributed by atoms with van der Waals surface area (Å²) in [5.74, 6) is 0.116. The van der Waals surface area contributed by atoms with Crippen LogP contribution in [-0.2, 0) is 14.1 Å². The minimum absolute atomic E-state index is 0.116. The lowest BCUT2D eigenvalue weighted by Crippen LogP contribution is -2.41.